The molecule has 168 valence electrons. The molecule has 32 heavy (non-hydrogen) atoms. The van der Waals surface area contributed by atoms with Crippen LogP contribution in [0.2, 0.25) is 0 Å². The molecular weight excluding hydrogens is 412 g/mol. The van der Waals surface area contributed by atoms with Crippen LogP contribution in [0.15, 0.2) is 53.8 Å². The number of aromatic amines is 1. The predicted octanol–water partition coefficient (Wildman–Crippen LogP) is 3.08. The zero-order valence-electron chi connectivity index (χ0n) is 18.0. The molecule has 1 fully saturated rings. The Labute approximate surface area is 186 Å². The van der Waals surface area contributed by atoms with E-state index in [9.17, 15) is 8.78 Å². The first kappa shape index (κ1) is 21.9. The molecule has 1 aliphatic rings. The number of aromatic nitrogens is 3. The van der Waals surface area contributed by atoms with Crippen LogP contribution in [0.4, 0.5) is 8.78 Å². The van der Waals surface area contributed by atoms with Crippen LogP contribution >= 0.6 is 0 Å². The van der Waals surface area contributed by atoms with Crippen LogP contribution in [-0.4, -0.2) is 52.2 Å². The number of hydrogen-bond donors (Lipinski definition) is 3. The second kappa shape index (κ2) is 10.3. The summed E-state index contributed by atoms with van der Waals surface area (Å²) in [7, 11) is 1.73. The van der Waals surface area contributed by atoms with E-state index in [2.05, 4.69) is 35.7 Å². The molecule has 1 aliphatic heterocycles. The standard InChI is InChI=1S/C23H27F2N7/c1-26-23(27-12-16-5-2-6-17(11-16)22-28-15-29-31-22)30-18-7-4-10-32(13-18)14-19-20(24)8-3-9-21(19)25/h2-3,5-6,8-9,11,15,18H,4,7,10,12-14H2,1H3,(H2,26,27,30)(H,28,29,31). The first-order valence-corrected chi connectivity index (χ1v) is 10.7. The maximum atomic E-state index is 14.0. The van der Waals surface area contributed by atoms with Crippen LogP contribution in [0.3, 0.4) is 0 Å². The third kappa shape index (κ3) is 5.47. The minimum Gasteiger partial charge on any atom is -0.352 e. The summed E-state index contributed by atoms with van der Waals surface area (Å²) >= 11 is 0. The summed E-state index contributed by atoms with van der Waals surface area (Å²) in [6.07, 6.45) is 3.40. The van der Waals surface area contributed by atoms with Crippen LogP contribution in [0.5, 0.6) is 0 Å². The fraction of sp³-hybridized carbons (Fsp3) is 0.348. The predicted molar refractivity (Wildman–Crippen MR) is 120 cm³/mol. The zero-order valence-corrected chi connectivity index (χ0v) is 18.0. The van der Waals surface area contributed by atoms with Crippen molar-refractivity contribution in [2.24, 2.45) is 4.99 Å². The number of rotatable bonds is 6. The lowest BCUT2D eigenvalue weighted by Crippen LogP contribution is -2.50. The Balaban J connectivity index is 1.32. The molecule has 9 heteroatoms. The van der Waals surface area contributed by atoms with Crippen molar-refractivity contribution >= 4 is 5.96 Å². The molecular formula is C23H27F2N7. The Kier molecular flexibility index (Phi) is 7.06. The molecule has 0 spiro atoms. The van der Waals surface area contributed by atoms with E-state index in [0.717, 1.165) is 36.3 Å². The molecule has 0 saturated carbocycles. The largest absolute Gasteiger partial charge is 0.352 e. The smallest absolute Gasteiger partial charge is 0.191 e. The summed E-state index contributed by atoms with van der Waals surface area (Å²) in [5, 5.41) is 13.6. The molecule has 0 radical (unpaired) electrons. The van der Waals surface area contributed by atoms with Crippen molar-refractivity contribution in [2.75, 3.05) is 20.1 Å². The van der Waals surface area contributed by atoms with Gasteiger partial charge in [0.1, 0.15) is 18.0 Å². The van der Waals surface area contributed by atoms with Gasteiger partial charge in [-0.1, -0.05) is 24.3 Å². The molecule has 1 saturated heterocycles. The fourth-order valence-electron chi connectivity index (χ4n) is 3.97. The van der Waals surface area contributed by atoms with Gasteiger partial charge < -0.3 is 10.6 Å². The molecule has 1 aromatic heterocycles. The van der Waals surface area contributed by atoms with Crippen LogP contribution in [0.1, 0.15) is 24.0 Å². The monoisotopic (exact) mass is 439 g/mol. The number of aliphatic imine (C=N–C) groups is 1. The highest BCUT2D eigenvalue weighted by atomic mass is 19.1. The lowest BCUT2D eigenvalue weighted by molar-refractivity contribution is 0.188. The SMILES string of the molecule is CN=C(NCc1cccc(-c2ncn[nH]2)c1)NC1CCCN(Cc2c(F)cccc2F)C1. The van der Waals surface area contributed by atoms with Gasteiger partial charge in [-0.05, 0) is 43.1 Å². The molecule has 3 aromatic rings. The third-order valence-electron chi connectivity index (χ3n) is 5.59. The first-order chi connectivity index (χ1) is 15.6. The highest BCUT2D eigenvalue weighted by Gasteiger charge is 2.22. The van der Waals surface area contributed by atoms with Gasteiger partial charge in [0, 0.05) is 43.9 Å². The normalized spacial score (nSPS) is 17.3. The number of hydrogen-bond acceptors (Lipinski definition) is 4. The van der Waals surface area contributed by atoms with E-state index < -0.39 is 11.6 Å². The Morgan fingerprint density at radius 1 is 1.22 bits per heavy atom. The summed E-state index contributed by atoms with van der Waals surface area (Å²) in [5.41, 5.74) is 2.18. The van der Waals surface area contributed by atoms with Crippen molar-refractivity contribution in [3.63, 3.8) is 0 Å². The summed E-state index contributed by atoms with van der Waals surface area (Å²) in [6.45, 7) is 2.36. The number of halogens is 2. The van der Waals surface area contributed by atoms with Gasteiger partial charge in [-0.2, -0.15) is 5.10 Å². The highest BCUT2D eigenvalue weighted by Crippen LogP contribution is 2.19. The number of piperidine rings is 1. The third-order valence-corrected chi connectivity index (χ3v) is 5.59. The van der Waals surface area contributed by atoms with Crippen molar-refractivity contribution in [2.45, 2.75) is 32.0 Å². The maximum absolute atomic E-state index is 14.0. The van der Waals surface area contributed by atoms with Gasteiger partial charge in [0.2, 0.25) is 0 Å². The molecule has 2 heterocycles. The molecule has 1 atom stereocenters. The van der Waals surface area contributed by atoms with Crippen molar-refractivity contribution in [3.8, 4) is 11.4 Å². The number of benzene rings is 2. The van der Waals surface area contributed by atoms with E-state index in [1.807, 2.05) is 24.3 Å². The Bertz CT molecular complexity index is 1030. The van der Waals surface area contributed by atoms with Crippen molar-refractivity contribution < 1.29 is 8.78 Å². The Hall–Kier alpha value is -3.33. The van der Waals surface area contributed by atoms with Crippen LogP contribution in [0, 0.1) is 11.6 Å². The molecule has 0 amide bonds. The second-order valence-corrected chi connectivity index (χ2v) is 7.88. The van der Waals surface area contributed by atoms with Gasteiger partial charge in [0.25, 0.3) is 0 Å². The fourth-order valence-corrected chi connectivity index (χ4v) is 3.97. The molecule has 0 aliphatic carbocycles. The van der Waals surface area contributed by atoms with Crippen molar-refractivity contribution in [1.29, 1.82) is 0 Å². The molecule has 1 unspecified atom stereocenters. The average molecular weight is 440 g/mol. The van der Waals surface area contributed by atoms with Crippen LogP contribution < -0.4 is 10.6 Å². The van der Waals surface area contributed by atoms with Gasteiger partial charge in [0.15, 0.2) is 11.8 Å². The van der Waals surface area contributed by atoms with E-state index >= 15 is 0 Å². The van der Waals surface area contributed by atoms with E-state index in [1.54, 1.807) is 7.05 Å². The van der Waals surface area contributed by atoms with E-state index in [4.69, 9.17) is 0 Å². The zero-order chi connectivity index (χ0) is 22.3. The maximum Gasteiger partial charge on any atom is 0.191 e. The van der Waals surface area contributed by atoms with Crippen LogP contribution in [-0.2, 0) is 13.1 Å². The van der Waals surface area contributed by atoms with Crippen LogP contribution in [0.25, 0.3) is 11.4 Å². The molecule has 4 rings (SSSR count). The van der Waals surface area contributed by atoms with E-state index in [-0.39, 0.29) is 18.2 Å². The van der Waals surface area contributed by atoms with Gasteiger partial charge >= 0.3 is 0 Å². The second-order valence-electron chi connectivity index (χ2n) is 7.88. The first-order valence-electron chi connectivity index (χ1n) is 10.7. The number of guanidine groups is 1. The van der Waals surface area contributed by atoms with Gasteiger partial charge in [0.05, 0.1) is 0 Å². The number of H-pyrrole nitrogens is 1. The minimum atomic E-state index is -0.495. The number of nitrogens with one attached hydrogen (secondary N) is 3. The van der Waals surface area contributed by atoms with Crippen molar-refractivity contribution in [1.82, 2.24) is 30.7 Å². The van der Waals surface area contributed by atoms with Gasteiger partial charge in [-0.25, -0.2) is 13.8 Å². The van der Waals surface area contributed by atoms with Gasteiger partial charge in [-0.15, -0.1) is 0 Å². The molecule has 3 N–H and O–H groups in total. The Morgan fingerprint density at radius 3 is 2.78 bits per heavy atom. The molecule has 0 bridgehead atoms. The average Bonchev–Trinajstić information content (AvgIpc) is 3.35. The van der Waals surface area contributed by atoms with Gasteiger partial charge in [-0.3, -0.25) is 15.0 Å². The number of likely N-dealkylation sites (tertiary alicyclic amines) is 1. The summed E-state index contributed by atoms with van der Waals surface area (Å²) in [5.74, 6) is 0.428. The van der Waals surface area contributed by atoms with E-state index in [0.29, 0.717) is 19.0 Å². The minimum absolute atomic E-state index is 0.127. The Morgan fingerprint density at radius 2 is 2.03 bits per heavy atom. The molecule has 7 nitrogen and oxygen atoms in total. The topological polar surface area (TPSA) is 81.2 Å². The molecule has 2 aromatic carbocycles. The highest BCUT2D eigenvalue weighted by molar-refractivity contribution is 5.80. The lowest BCUT2D eigenvalue weighted by atomic mass is 10.0. The van der Waals surface area contributed by atoms with E-state index in [1.165, 1.54) is 24.5 Å². The summed E-state index contributed by atoms with van der Waals surface area (Å²) in [6, 6.07) is 12.2. The quantitative estimate of drug-likeness (QED) is 0.406. The summed E-state index contributed by atoms with van der Waals surface area (Å²) in [4.78, 5) is 10.6. The lowest BCUT2D eigenvalue weighted by Gasteiger charge is -2.34. The number of nitrogens with zero attached hydrogens (tertiary/aromatic N) is 4. The summed E-state index contributed by atoms with van der Waals surface area (Å²) < 4.78 is 28.1. The van der Waals surface area contributed by atoms with Crippen molar-refractivity contribution in [3.05, 3.63) is 71.6 Å².